The highest BCUT2D eigenvalue weighted by Gasteiger charge is 2.02. The van der Waals surface area contributed by atoms with E-state index in [9.17, 15) is 9.59 Å². The largest absolute Gasteiger partial charge is 0.361 e. The standard InChI is InChI=1S/C19H35NO2S.CH3NOS/c1-2-3-4-5-6-7-8-9-10-11-12-13-14-15-16-17-18(21)20-19(22)23;2-1(3)4/h9-10H,2-8,11-17H2,1H3,(H2,20,21,22,23);(H3,2,3,4). The topological polar surface area (TPSA) is 89.3 Å². The molecular formula is C20H38N2O3S2. The molecule has 0 bridgehead atoms. The van der Waals surface area contributed by atoms with Crippen LogP contribution in [-0.4, -0.2) is 16.4 Å². The lowest BCUT2D eigenvalue weighted by Crippen LogP contribution is -2.25. The highest BCUT2D eigenvalue weighted by molar-refractivity contribution is 7.96. The summed E-state index contributed by atoms with van der Waals surface area (Å²) in [6.07, 6.45) is 21.2. The zero-order chi connectivity index (χ0) is 20.8. The van der Waals surface area contributed by atoms with Crippen LogP contribution in [-0.2, 0) is 4.79 Å². The summed E-state index contributed by atoms with van der Waals surface area (Å²) in [6, 6.07) is 0. The molecule has 0 unspecified atom stereocenters. The summed E-state index contributed by atoms with van der Waals surface area (Å²) in [7, 11) is 0. The number of amides is 3. The number of carbonyl (C=O) groups is 3. The van der Waals surface area contributed by atoms with Gasteiger partial charge in [0.05, 0.1) is 0 Å². The molecule has 0 fully saturated rings. The average Bonchev–Trinajstić information content (AvgIpc) is 2.57. The van der Waals surface area contributed by atoms with Gasteiger partial charge in [-0.15, -0.1) is 0 Å². The minimum absolute atomic E-state index is 0.220. The molecule has 0 aliphatic carbocycles. The van der Waals surface area contributed by atoms with Gasteiger partial charge in [-0.05, 0) is 32.1 Å². The molecule has 0 saturated carbocycles. The third-order valence-corrected chi connectivity index (χ3v) is 4.02. The van der Waals surface area contributed by atoms with Crippen LogP contribution in [0.4, 0.5) is 9.59 Å². The van der Waals surface area contributed by atoms with Crippen LogP contribution in [0.5, 0.6) is 0 Å². The van der Waals surface area contributed by atoms with Gasteiger partial charge in [-0.25, -0.2) is 0 Å². The van der Waals surface area contributed by atoms with Crippen molar-refractivity contribution in [3.8, 4) is 0 Å². The zero-order valence-corrected chi connectivity index (χ0v) is 18.5. The predicted octanol–water partition coefficient (Wildman–Crippen LogP) is 6.18. The lowest BCUT2D eigenvalue weighted by Gasteiger charge is -2.01. The number of nitrogens with one attached hydrogen (secondary N) is 1. The van der Waals surface area contributed by atoms with E-state index in [2.05, 4.69) is 55.4 Å². The first kappa shape index (κ1) is 28.3. The minimum Gasteiger partial charge on any atom is -0.361 e. The Morgan fingerprint density at radius 1 is 0.778 bits per heavy atom. The van der Waals surface area contributed by atoms with E-state index in [-0.39, 0.29) is 5.91 Å². The molecule has 0 rings (SSSR count). The normalized spacial score (nSPS) is 10.3. The summed E-state index contributed by atoms with van der Waals surface area (Å²) in [5.74, 6) is -0.220. The average molecular weight is 419 g/mol. The molecule has 27 heavy (non-hydrogen) atoms. The summed E-state index contributed by atoms with van der Waals surface area (Å²) < 4.78 is 0. The fourth-order valence-electron chi connectivity index (χ4n) is 2.54. The molecule has 0 aromatic rings. The Balaban J connectivity index is 0. The van der Waals surface area contributed by atoms with Gasteiger partial charge in [0.2, 0.25) is 5.91 Å². The number of allylic oxidation sites excluding steroid dienone is 2. The summed E-state index contributed by atoms with van der Waals surface area (Å²) in [5.41, 5.74) is 4.34. The van der Waals surface area contributed by atoms with E-state index in [0.29, 0.717) is 6.42 Å². The molecule has 158 valence electrons. The predicted molar refractivity (Wildman–Crippen MR) is 121 cm³/mol. The van der Waals surface area contributed by atoms with Crippen molar-refractivity contribution in [2.75, 3.05) is 0 Å². The molecule has 0 heterocycles. The van der Waals surface area contributed by atoms with Crippen molar-refractivity contribution in [1.29, 1.82) is 0 Å². The van der Waals surface area contributed by atoms with Crippen molar-refractivity contribution in [1.82, 2.24) is 5.32 Å². The summed E-state index contributed by atoms with van der Waals surface area (Å²) in [5, 5.41) is 0.964. The Kier molecular flexibility index (Phi) is 24.2. The van der Waals surface area contributed by atoms with E-state index in [1.54, 1.807) is 0 Å². The number of rotatable bonds is 15. The second kappa shape index (κ2) is 23.1. The summed E-state index contributed by atoms with van der Waals surface area (Å²) in [4.78, 5) is 30.8. The molecule has 0 aromatic heterocycles. The molecule has 0 saturated heterocycles. The van der Waals surface area contributed by atoms with Crippen molar-refractivity contribution in [3.63, 3.8) is 0 Å². The van der Waals surface area contributed by atoms with E-state index in [1.807, 2.05) is 0 Å². The van der Waals surface area contributed by atoms with Crippen LogP contribution in [0.25, 0.3) is 0 Å². The Hall–Kier alpha value is -0.950. The first-order chi connectivity index (χ1) is 12.9. The second-order valence-electron chi connectivity index (χ2n) is 6.53. The summed E-state index contributed by atoms with van der Waals surface area (Å²) in [6.45, 7) is 2.26. The monoisotopic (exact) mass is 418 g/mol. The number of primary amides is 1. The van der Waals surface area contributed by atoms with E-state index >= 15 is 0 Å². The number of imide groups is 1. The van der Waals surface area contributed by atoms with Gasteiger partial charge < -0.3 is 5.73 Å². The van der Waals surface area contributed by atoms with Crippen molar-refractivity contribution in [3.05, 3.63) is 12.2 Å². The SMILES string of the molecule is CCCCCCCCC=CCCCCCCCC(=O)NC(=O)S.NC(=O)S. The molecule has 0 aromatic carbocycles. The smallest absolute Gasteiger partial charge is 0.282 e. The number of carbonyl (C=O) groups excluding carboxylic acids is 3. The fourth-order valence-corrected chi connectivity index (χ4v) is 2.66. The van der Waals surface area contributed by atoms with E-state index in [1.165, 1.54) is 64.2 Å². The molecule has 0 spiro atoms. The van der Waals surface area contributed by atoms with Crippen LogP contribution in [0.3, 0.4) is 0 Å². The van der Waals surface area contributed by atoms with Crippen molar-refractivity contribution in [2.45, 2.75) is 96.8 Å². The molecule has 3 amide bonds. The van der Waals surface area contributed by atoms with Gasteiger partial charge in [-0.1, -0.05) is 95.7 Å². The number of thiol groups is 2. The van der Waals surface area contributed by atoms with E-state index < -0.39 is 10.5 Å². The molecule has 7 heteroatoms. The maximum atomic E-state index is 11.2. The molecule has 0 aliphatic heterocycles. The van der Waals surface area contributed by atoms with Crippen LogP contribution in [0.1, 0.15) is 96.8 Å². The van der Waals surface area contributed by atoms with Crippen molar-refractivity contribution >= 4 is 41.6 Å². The lowest BCUT2D eigenvalue weighted by atomic mass is 10.1. The molecule has 0 aliphatic rings. The molecular weight excluding hydrogens is 380 g/mol. The third kappa shape index (κ3) is 33.1. The van der Waals surface area contributed by atoms with Gasteiger partial charge >= 0.3 is 0 Å². The first-order valence-electron chi connectivity index (χ1n) is 10.1. The van der Waals surface area contributed by atoms with Crippen LogP contribution in [0.15, 0.2) is 12.2 Å². The van der Waals surface area contributed by atoms with Gasteiger partial charge in [0.25, 0.3) is 10.5 Å². The van der Waals surface area contributed by atoms with Gasteiger partial charge in [0.15, 0.2) is 0 Å². The van der Waals surface area contributed by atoms with E-state index in [0.717, 1.165) is 19.3 Å². The number of nitrogens with two attached hydrogens (primary N) is 1. The number of unbranched alkanes of at least 4 members (excludes halogenated alkanes) is 11. The van der Waals surface area contributed by atoms with Crippen LogP contribution in [0.2, 0.25) is 0 Å². The maximum absolute atomic E-state index is 11.2. The molecule has 5 nitrogen and oxygen atoms in total. The first-order valence-corrected chi connectivity index (χ1v) is 11.0. The number of hydrogen-bond donors (Lipinski definition) is 4. The highest BCUT2D eigenvalue weighted by Crippen LogP contribution is 2.09. The molecule has 0 atom stereocenters. The quantitative estimate of drug-likeness (QED) is 0.145. The summed E-state index contributed by atoms with van der Waals surface area (Å²) >= 11 is 6.62. The van der Waals surface area contributed by atoms with Crippen molar-refractivity contribution in [2.24, 2.45) is 5.73 Å². The Labute approximate surface area is 176 Å². The fraction of sp³-hybridized carbons (Fsp3) is 0.750. The third-order valence-electron chi connectivity index (χ3n) is 3.91. The maximum Gasteiger partial charge on any atom is 0.282 e. The van der Waals surface area contributed by atoms with Crippen LogP contribution in [0, 0.1) is 0 Å². The Bertz CT molecular complexity index is 412. The number of hydrogen-bond acceptors (Lipinski definition) is 3. The van der Waals surface area contributed by atoms with Crippen LogP contribution < -0.4 is 11.1 Å². The molecule has 0 radical (unpaired) electrons. The van der Waals surface area contributed by atoms with Gasteiger partial charge in [-0.3, -0.25) is 19.7 Å². The Morgan fingerprint density at radius 2 is 1.19 bits per heavy atom. The van der Waals surface area contributed by atoms with Gasteiger partial charge in [0, 0.05) is 6.42 Å². The Morgan fingerprint density at radius 3 is 1.63 bits per heavy atom. The zero-order valence-electron chi connectivity index (χ0n) is 16.8. The van der Waals surface area contributed by atoms with Gasteiger partial charge in [0.1, 0.15) is 0 Å². The minimum atomic E-state index is -0.639. The highest BCUT2D eigenvalue weighted by atomic mass is 32.1. The van der Waals surface area contributed by atoms with Gasteiger partial charge in [-0.2, -0.15) is 0 Å². The van der Waals surface area contributed by atoms with Crippen LogP contribution >= 0.6 is 25.3 Å². The van der Waals surface area contributed by atoms with Crippen molar-refractivity contribution < 1.29 is 14.4 Å². The second-order valence-corrected chi connectivity index (χ2v) is 7.37. The molecule has 3 N–H and O–H groups in total. The van der Waals surface area contributed by atoms with E-state index in [4.69, 9.17) is 4.79 Å². The lowest BCUT2D eigenvalue weighted by molar-refractivity contribution is -0.119.